The zero-order valence-electron chi connectivity index (χ0n) is 14.8. The number of hydrogen-bond donors (Lipinski definition) is 1. The van der Waals surface area contributed by atoms with Crippen LogP contribution in [0.1, 0.15) is 91.4 Å². The fraction of sp³-hybridized carbons (Fsp3) is 1.00. The van der Waals surface area contributed by atoms with Crippen molar-refractivity contribution in [1.29, 1.82) is 0 Å². The van der Waals surface area contributed by atoms with Crippen LogP contribution in [0.25, 0.3) is 0 Å². The zero-order valence-corrected chi connectivity index (χ0v) is 14.8. The molecule has 0 heterocycles. The topological polar surface area (TPSA) is 26.0 Å². The normalized spacial score (nSPS) is 37.9. The van der Waals surface area contributed by atoms with Gasteiger partial charge in [0.15, 0.2) is 0 Å². The Labute approximate surface area is 133 Å². The molecule has 1 nitrogen and oxygen atoms in total. The summed E-state index contributed by atoms with van der Waals surface area (Å²) in [7, 11) is 0. The molecule has 2 fully saturated rings. The summed E-state index contributed by atoms with van der Waals surface area (Å²) in [6.45, 7) is 7.14. The monoisotopic (exact) mass is 293 g/mol. The van der Waals surface area contributed by atoms with E-state index in [2.05, 4.69) is 20.8 Å². The van der Waals surface area contributed by atoms with Crippen LogP contribution < -0.4 is 5.73 Å². The maximum absolute atomic E-state index is 6.33. The van der Waals surface area contributed by atoms with Crippen molar-refractivity contribution in [3.8, 4) is 0 Å². The SMILES string of the molecule is CCC1CCCC(C2CCC(N)CC2CC(CC)CC)C1. The van der Waals surface area contributed by atoms with Gasteiger partial charge in [0.25, 0.3) is 0 Å². The van der Waals surface area contributed by atoms with Gasteiger partial charge in [-0.05, 0) is 61.7 Å². The van der Waals surface area contributed by atoms with Crippen LogP contribution in [0, 0.1) is 29.6 Å². The molecule has 2 aliphatic carbocycles. The van der Waals surface area contributed by atoms with Crippen LogP contribution >= 0.6 is 0 Å². The minimum atomic E-state index is 0.492. The third kappa shape index (κ3) is 4.71. The minimum Gasteiger partial charge on any atom is -0.328 e. The van der Waals surface area contributed by atoms with Gasteiger partial charge in [-0.1, -0.05) is 59.3 Å². The summed E-state index contributed by atoms with van der Waals surface area (Å²) >= 11 is 0. The van der Waals surface area contributed by atoms with Crippen LogP contribution in [0.5, 0.6) is 0 Å². The Morgan fingerprint density at radius 1 is 0.952 bits per heavy atom. The summed E-state index contributed by atoms with van der Waals surface area (Å²) in [5.74, 6) is 4.91. The smallest absolute Gasteiger partial charge is 0.00416 e. The van der Waals surface area contributed by atoms with Crippen LogP contribution in [0.15, 0.2) is 0 Å². The van der Waals surface area contributed by atoms with Crippen LogP contribution in [0.3, 0.4) is 0 Å². The Hall–Kier alpha value is -0.0400. The van der Waals surface area contributed by atoms with Gasteiger partial charge in [0.2, 0.25) is 0 Å². The molecule has 0 aromatic carbocycles. The first-order valence-corrected chi connectivity index (χ1v) is 9.93. The van der Waals surface area contributed by atoms with Gasteiger partial charge in [0.1, 0.15) is 0 Å². The summed E-state index contributed by atoms with van der Waals surface area (Å²) in [6, 6.07) is 0.492. The minimum absolute atomic E-state index is 0.492. The second kappa shape index (κ2) is 8.56. The molecule has 5 unspecified atom stereocenters. The van der Waals surface area contributed by atoms with E-state index in [1.165, 1.54) is 70.6 Å². The van der Waals surface area contributed by atoms with Crippen molar-refractivity contribution in [2.45, 2.75) is 97.4 Å². The highest BCUT2D eigenvalue weighted by Crippen LogP contribution is 2.45. The van der Waals surface area contributed by atoms with Gasteiger partial charge in [0, 0.05) is 6.04 Å². The first-order chi connectivity index (χ1) is 10.2. The van der Waals surface area contributed by atoms with E-state index in [9.17, 15) is 0 Å². The zero-order chi connectivity index (χ0) is 15.2. The summed E-state index contributed by atoms with van der Waals surface area (Å²) in [4.78, 5) is 0. The van der Waals surface area contributed by atoms with Crippen molar-refractivity contribution in [3.05, 3.63) is 0 Å². The van der Waals surface area contributed by atoms with E-state index in [1.807, 2.05) is 0 Å². The Morgan fingerprint density at radius 2 is 1.71 bits per heavy atom. The van der Waals surface area contributed by atoms with Crippen LogP contribution in [0.4, 0.5) is 0 Å². The molecule has 21 heavy (non-hydrogen) atoms. The van der Waals surface area contributed by atoms with Crippen molar-refractivity contribution < 1.29 is 0 Å². The highest BCUT2D eigenvalue weighted by Gasteiger charge is 2.36. The molecule has 0 aromatic rings. The standard InChI is InChI=1S/C20H39N/c1-4-15(5-2)12-18-14-19(21)10-11-20(18)17-9-7-8-16(6-3)13-17/h15-20H,4-14,21H2,1-3H3. The Bertz CT molecular complexity index is 284. The lowest BCUT2D eigenvalue weighted by Gasteiger charge is -2.43. The Morgan fingerprint density at radius 3 is 2.38 bits per heavy atom. The summed E-state index contributed by atoms with van der Waals surface area (Å²) in [5, 5.41) is 0. The Balaban J connectivity index is 1.99. The molecule has 0 amide bonds. The van der Waals surface area contributed by atoms with Gasteiger partial charge in [-0.3, -0.25) is 0 Å². The predicted molar refractivity (Wildman–Crippen MR) is 93.2 cm³/mol. The van der Waals surface area contributed by atoms with E-state index in [4.69, 9.17) is 5.73 Å². The third-order valence-electron chi connectivity index (χ3n) is 6.88. The molecule has 0 aromatic heterocycles. The average molecular weight is 294 g/mol. The van der Waals surface area contributed by atoms with Gasteiger partial charge in [-0.2, -0.15) is 0 Å². The molecule has 0 saturated heterocycles. The molecule has 2 saturated carbocycles. The fourth-order valence-electron chi connectivity index (χ4n) is 5.36. The number of hydrogen-bond acceptors (Lipinski definition) is 1. The summed E-state index contributed by atoms with van der Waals surface area (Å²) in [5.41, 5.74) is 6.33. The molecule has 124 valence electrons. The van der Waals surface area contributed by atoms with E-state index in [-0.39, 0.29) is 0 Å². The molecule has 2 rings (SSSR count). The number of rotatable bonds is 6. The highest BCUT2D eigenvalue weighted by atomic mass is 14.6. The van der Waals surface area contributed by atoms with Gasteiger partial charge < -0.3 is 5.73 Å². The van der Waals surface area contributed by atoms with E-state index >= 15 is 0 Å². The molecule has 5 atom stereocenters. The molecule has 0 aliphatic heterocycles. The van der Waals surface area contributed by atoms with Gasteiger partial charge >= 0.3 is 0 Å². The molecule has 0 spiro atoms. The van der Waals surface area contributed by atoms with E-state index < -0.39 is 0 Å². The second-order valence-electron chi connectivity index (χ2n) is 8.12. The van der Waals surface area contributed by atoms with Gasteiger partial charge in [-0.15, -0.1) is 0 Å². The largest absolute Gasteiger partial charge is 0.328 e. The number of nitrogens with two attached hydrogens (primary N) is 1. The van der Waals surface area contributed by atoms with Crippen molar-refractivity contribution in [2.24, 2.45) is 35.3 Å². The van der Waals surface area contributed by atoms with Crippen molar-refractivity contribution >= 4 is 0 Å². The highest BCUT2D eigenvalue weighted by molar-refractivity contribution is 4.89. The molecular weight excluding hydrogens is 254 g/mol. The predicted octanol–water partition coefficient (Wildman–Crippen LogP) is 5.77. The summed E-state index contributed by atoms with van der Waals surface area (Å²) < 4.78 is 0. The van der Waals surface area contributed by atoms with E-state index in [0.29, 0.717) is 6.04 Å². The van der Waals surface area contributed by atoms with Gasteiger partial charge in [0.05, 0.1) is 0 Å². The maximum atomic E-state index is 6.33. The van der Waals surface area contributed by atoms with Crippen LogP contribution in [-0.2, 0) is 0 Å². The first kappa shape index (κ1) is 17.3. The van der Waals surface area contributed by atoms with Crippen LogP contribution in [-0.4, -0.2) is 6.04 Å². The quantitative estimate of drug-likeness (QED) is 0.660. The fourth-order valence-corrected chi connectivity index (χ4v) is 5.36. The lowest BCUT2D eigenvalue weighted by molar-refractivity contribution is 0.0817. The molecule has 0 bridgehead atoms. The molecule has 2 N–H and O–H groups in total. The third-order valence-corrected chi connectivity index (χ3v) is 6.88. The van der Waals surface area contributed by atoms with E-state index in [1.54, 1.807) is 0 Å². The lowest BCUT2D eigenvalue weighted by Crippen LogP contribution is -2.38. The van der Waals surface area contributed by atoms with Crippen molar-refractivity contribution in [3.63, 3.8) is 0 Å². The molecule has 1 heteroatoms. The first-order valence-electron chi connectivity index (χ1n) is 9.93. The maximum Gasteiger partial charge on any atom is 0.00416 e. The van der Waals surface area contributed by atoms with Crippen LogP contribution in [0.2, 0.25) is 0 Å². The van der Waals surface area contributed by atoms with Crippen molar-refractivity contribution in [2.75, 3.05) is 0 Å². The second-order valence-corrected chi connectivity index (χ2v) is 8.12. The lowest BCUT2D eigenvalue weighted by atomic mass is 9.63. The molecular formula is C20H39N. The summed E-state index contributed by atoms with van der Waals surface area (Å²) in [6.07, 6.45) is 15.6. The van der Waals surface area contributed by atoms with Crippen molar-refractivity contribution in [1.82, 2.24) is 0 Å². The van der Waals surface area contributed by atoms with E-state index in [0.717, 1.165) is 29.6 Å². The van der Waals surface area contributed by atoms with Gasteiger partial charge in [-0.25, -0.2) is 0 Å². The molecule has 0 radical (unpaired) electrons. The Kier molecular flexibility index (Phi) is 7.05. The average Bonchev–Trinajstić information content (AvgIpc) is 2.52. The molecule has 2 aliphatic rings.